The van der Waals surface area contributed by atoms with Gasteiger partial charge in [0.05, 0.1) is 13.1 Å². The molecule has 2 saturated heterocycles. The number of likely N-dealkylation sites (tertiary alicyclic amines) is 1. The van der Waals surface area contributed by atoms with Gasteiger partial charge in [-0.15, -0.1) is 0 Å². The molecule has 9 nitrogen and oxygen atoms in total. The molecule has 1 aliphatic carbocycles. The predicted molar refractivity (Wildman–Crippen MR) is 118 cm³/mol. The molecule has 1 N–H and O–H groups in total. The van der Waals surface area contributed by atoms with E-state index < -0.39 is 0 Å². The van der Waals surface area contributed by atoms with Crippen molar-refractivity contribution in [1.82, 2.24) is 25.1 Å². The molecule has 0 aromatic carbocycles. The smallest absolute Gasteiger partial charge is 0.236 e. The van der Waals surface area contributed by atoms with Crippen LogP contribution < -0.4 is 10.2 Å². The van der Waals surface area contributed by atoms with Gasteiger partial charge in [-0.1, -0.05) is 0 Å². The molecule has 3 aliphatic heterocycles. The van der Waals surface area contributed by atoms with E-state index in [9.17, 15) is 14.4 Å². The van der Waals surface area contributed by atoms with Crippen molar-refractivity contribution in [3.8, 4) is 0 Å². The number of aromatic nitrogens is 2. The Hall–Kier alpha value is -2.55. The number of hydrogen-bond acceptors (Lipinski definition) is 6. The van der Waals surface area contributed by atoms with Crippen LogP contribution in [-0.4, -0.2) is 83.3 Å². The van der Waals surface area contributed by atoms with Crippen molar-refractivity contribution < 1.29 is 14.4 Å². The fourth-order valence-corrected chi connectivity index (χ4v) is 5.06. The molecule has 3 fully saturated rings. The first-order chi connectivity index (χ1) is 15.5. The van der Waals surface area contributed by atoms with Crippen molar-refractivity contribution in [2.45, 2.75) is 51.4 Å². The predicted octanol–water partition coefficient (Wildman–Crippen LogP) is 0.612. The van der Waals surface area contributed by atoms with Crippen LogP contribution in [0.1, 0.15) is 55.1 Å². The van der Waals surface area contributed by atoms with Crippen LogP contribution in [-0.2, 0) is 20.8 Å². The molecular formula is C23H32N6O3. The van der Waals surface area contributed by atoms with Gasteiger partial charge in [0.15, 0.2) is 0 Å². The highest BCUT2D eigenvalue weighted by Crippen LogP contribution is 2.36. The highest BCUT2D eigenvalue weighted by Gasteiger charge is 2.35. The molecule has 1 unspecified atom stereocenters. The molecule has 5 rings (SSSR count). The van der Waals surface area contributed by atoms with Crippen molar-refractivity contribution in [1.29, 1.82) is 0 Å². The molecule has 172 valence electrons. The van der Waals surface area contributed by atoms with E-state index in [0.29, 0.717) is 38.4 Å². The van der Waals surface area contributed by atoms with Crippen molar-refractivity contribution >= 4 is 23.5 Å². The molecular weight excluding hydrogens is 408 g/mol. The summed E-state index contributed by atoms with van der Waals surface area (Å²) in [5.74, 6) is 2.43. The summed E-state index contributed by atoms with van der Waals surface area (Å²) in [6, 6.07) is 0. The normalized spacial score (nSPS) is 24.3. The standard InChI is InChI=1S/C23H32N6O3/c1-15-18-6-7-20(31)29(11-16-4-5-16)23(18)26-22(25-15)17-3-2-9-28(12-17)21(32)14-27-10-8-24-19(30)13-27/h16-17H,2-14H2,1H3,(H,24,30). The molecule has 3 amide bonds. The molecule has 9 heteroatoms. The largest absolute Gasteiger partial charge is 0.354 e. The van der Waals surface area contributed by atoms with Crippen molar-refractivity contribution in [3.05, 3.63) is 17.1 Å². The van der Waals surface area contributed by atoms with E-state index in [-0.39, 0.29) is 36.7 Å². The quantitative estimate of drug-likeness (QED) is 0.721. The maximum atomic E-state index is 12.9. The zero-order chi connectivity index (χ0) is 22.2. The van der Waals surface area contributed by atoms with Crippen molar-refractivity contribution in [2.75, 3.05) is 50.7 Å². The fourth-order valence-electron chi connectivity index (χ4n) is 5.06. The lowest BCUT2D eigenvalue weighted by atomic mass is 9.95. The number of carbonyl (C=O) groups is 3. The SMILES string of the molecule is Cc1nc(C2CCCN(C(=O)CN3CCNC(=O)C3)C2)nc2c1CCC(=O)N2CC1CC1. The van der Waals surface area contributed by atoms with Gasteiger partial charge in [0.25, 0.3) is 0 Å². The fraction of sp³-hybridized carbons (Fsp3) is 0.696. The number of aryl methyl sites for hydroxylation is 1. The molecule has 1 atom stereocenters. The number of piperazine rings is 1. The first kappa shape index (κ1) is 21.3. The molecule has 0 bridgehead atoms. The van der Waals surface area contributed by atoms with Gasteiger partial charge in [0, 0.05) is 56.3 Å². The third-order valence-corrected chi connectivity index (χ3v) is 7.11. The number of fused-ring (bicyclic) bond motifs is 1. The van der Waals surface area contributed by atoms with E-state index in [1.165, 1.54) is 12.8 Å². The zero-order valence-corrected chi connectivity index (χ0v) is 18.8. The van der Waals surface area contributed by atoms with Gasteiger partial charge < -0.3 is 10.2 Å². The number of hydrogen-bond donors (Lipinski definition) is 1. The Kier molecular flexibility index (Phi) is 5.84. The number of nitrogens with one attached hydrogen (secondary N) is 1. The lowest BCUT2D eigenvalue weighted by Gasteiger charge is -2.35. The minimum Gasteiger partial charge on any atom is -0.354 e. The summed E-state index contributed by atoms with van der Waals surface area (Å²) in [5.41, 5.74) is 2.06. The molecule has 4 heterocycles. The maximum absolute atomic E-state index is 12.9. The topological polar surface area (TPSA) is 98.7 Å². The van der Waals surface area contributed by atoms with E-state index in [4.69, 9.17) is 9.97 Å². The second kappa shape index (κ2) is 8.77. The van der Waals surface area contributed by atoms with Crippen LogP contribution in [0.25, 0.3) is 0 Å². The van der Waals surface area contributed by atoms with E-state index in [0.717, 1.165) is 48.8 Å². The maximum Gasteiger partial charge on any atom is 0.236 e. The Morgan fingerprint density at radius 2 is 1.97 bits per heavy atom. The van der Waals surface area contributed by atoms with Gasteiger partial charge >= 0.3 is 0 Å². The minimum atomic E-state index is -0.0243. The van der Waals surface area contributed by atoms with Gasteiger partial charge in [0.2, 0.25) is 17.7 Å². The number of rotatable bonds is 5. The molecule has 1 aromatic rings. The van der Waals surface area contributed by atoms with Crippen LogP contribution in [0.3, 0.4) is 0 Å². The highest BCUT2D eigenvalue weighted by atomic mass is 16.2. The molecule has 0 spiro atoms. The van der Waals surface area contributed by atoms with Crippen molar-refractivity contribution in [2.24, 2.45) is 5.92 Å². The van der Waals surface area contributed by atoms with E-state index in [2.05, 4.69) is 5.32 Å². The lowest BCUT2D eigenvalue weighted by Crippen LogP contribution is -2.52. The van der Waals surface area contributed by atoms with Crippen LogP contribution in [0.4, 0.5) is 5.82 Å². The third kappa shape index (κ3) is 4.48. The Morgan fingerprint density at radius 3 is 2.75 bits per heavy atom. The molecule has 0 radical (unpaired) electrons. The number of anilines is 1. The number of nitrogens with zero attached hydrogens (tertiary/aromatic N) is 5. The second-order valence-electron chi connectivity index (χ2n) is 9.66. The average Bonchev–Trinajstić information content (AvgIpc) is 3.60. The Morgan fingerprint density at radius 1 is 1.12 bits per heavy atom. The third-order valence-electron chi connectivity index (χ3n) is 7.11. The number of carbonyl (C=O) groups excluding carboxylic acids is 3. The van der Waals surface area contributed by atoms with Crippen molar-refractivity contribution in [3.63, 3.8) is 0 Å². The Balaban J connectivity index is 1.31. The summed E-state index contributed by atoms with van der Waals surface area (Å²) in [6.45, 7) is 5.94. The summed E-state index contributed by atoms with van der Waals surface area (Å²) >= 11 is 0. The lowest BCUT2D eigenvalue weighted by molar-refractivity contribution is -0.135. The molecule has 1 aromatic heterocycles. The van der Waals surface area contributed by atoms with Gasteiger partial charge in [-0.2, -0.15) is 0 Å². The summed E-state index contributed by atoms with van der Waals surface area (Å²) < 4.78 is 0. The number of amides is 3. The number of piperidine rings is 1. The highest BCUT2D eigenvalue weighted by molar-refractivity contribution is 5.95. The van der Waals surface area contributed by atoms with Crippen LogP contribution in [0.2, 0.25) is 0 Å². The Labute approximate surface area is 188 Å². The van der Waals surface area contributed by atoms with Crippen LogP contribution in [0, 0.1) is 12.8 Å². The summed E-state index contributed by atoms with van der Waals surface area (Å²) in [7, 11) is 0. The molecule has 1 saturated carbocycles. The first-order valence-electron chi connectivity index (χ1n) is 11.9. The van der Waals surface area contributed by atoms with Crippen LogP contribution in [0.5, 0.6) is 0 Å². The van der Waals surface area contributed by atoms with Gasteiger partial charge in [-0.3, -0.25) is 24.2 Å². The van der Waals surface area contributed by atoms with Crippen LogP contribution >= 0.6 is 0 Å². The monoisotopic (exact) mass is 440 g/mol. The summed E-state index contributed by atoms with van der Waals surface area (Å²) in [4.78, 5) is 52.6. The second-order valence-corrected chi connectivity index (χ2v) is 9.66. The van der Waals surface area contributed by atoms with E-state index in [1.807, 2.05) is 21.6 Å². The van der Waals surface area contributed by atoms with Crippen LogP contribution in [0.15, 0.2) is 0 Å². The average molecular weight is 441 g/mol. The van der Waals surface area contributed by atoms with E-state index in [1.54, 1.807) is 0 Å². The van der Waals surface area contributed by atoms with Gasteiger partial charge in [-0.05, 0) is 44.9 Å². The minimum absolute atomic E-state index is 0.0243. The Bertz CT molecular complexity index is 931. The summed E-state index contributed by atoms with van der Waals surface area (Å²) in [5, 5.41) is 2.80. The van der Waals surface area contributed by atoms with Gasteiger partial charge in [-0.25, -0.2) is 9.97 Å². The van der Waals surface area contributed by atoms with Gasteiger partial charge in [0.1, 0.15) is 11.6 Å². The molecule has 4 aliphatic rings. The molecule has 32 heavy (non-hydrogen) atoms. The summed E-state index contributed by atoms with van der Waals surface area (Å²) in [6.07, 6.45) is 5.46. The first-order valence-corrected chi connectivity index (χ1v) is 11.9. The zero-order valence-electron chi connectivity index (χ0n) is 18.8. The van der Waals surface area contributed by atoms with E-state index >= 15 is 0 Å².